The van der Waals surface area contributed by atoms with E-state index < -0.39 is 0 Å². The van der Waals surface area contributed by atoms with Gasteiger partial charge in [-0.3, -0.25) is 4.79 Å². The van der Waals surface area contributed by atoms with Crippen LogP contribution in [0, 0.1) is 5.92 Å². The lowest BCUT2D eigenvalue weighted by Gasteiger charge is -2.33. The number of thiol groups is 1. The second-order valence-corrected chi connectivity index (χ2v) is 4.71. The maximum atomic E-state index is 11.9. The van der Waals surface area contributed by atoms with Crippen LogP contribution in [0.15, 0.2) is 0 Å². The highest BCUT2D eigenvalue weighted by Gasteiger charge is 2.27. The smallest absolute Gasteiger partial charge is 0.235 e. The molecule has 82 valence electrons. The highest BCUT2D eigenvalue weighted by molar-refractivity contribution is 7.81. The molecule has 2 atom stereocenters. The van der Waals surface area contributed by atoms with Crippen LogP contribution in [0.3, 0.4) is 0 Å². The van der Waals surface area contributed by atoms with Crippen molar-refractivity contribution in [2.45, 2.75) is 32.1 Å². The zero-order valence-electron chi connectivity index (χ0n) is 9.06. The fraction of sp³-hybridized carbons (Fsp3) is 0.900. The van der Waals surface area contributed by atoms with Gasteiger partial charge in [-0.1, -0.05) is 13.8 Å². The Hall–Kier alpha value is -0.220. The van der Waals surface area contributed by atoms with Crippen molar-refractivity contribution >= 4 is 18.5 Å². The van der Waals surface area contributed by atoms with E-state index in [9.17, 15) is 4.79 Å². The van der Waals surface area contributed by atoms with Crippen molar-refractivity contribution in [3.63, 3.8) is 0 Å². The van der Waals surface area contributed by atoms with Crippen LogP contribution in [0.4, 0.5) is 0 Å². The summed E-state index contributed by atoms with van der Waals surface area (Å²) < 4.78 is 5.38. The molecule has 1 rings (SSSR count). The van der Waals surface area contributed by atoms with Crippen LogP contribution in [0.5, 0.6) is 0 Å². The van der Waals surface area contributed by atoms with Crippen molar-refractivity contribution in [3.8, 4) is 0 Å². The predicted molar refractivity (Wildman–Crippen MR) is 59.6 cm³/mol. The zero-order valence-corrected chi connectivity index (χ0v) is 9.96. The molecule has 1 aliphatic heterocycles. The molecule has 1 saturated heterocycles. The Morgan fingerprint density at radius 1 is 1.57 bits per heavy atom. The molecule has 2 unspecified atom stereocenters. The number of rotatable bonds is 2. The van der Waals surface area contributed by atoms with E-state index in [0.717, 1.165) is 0 Å². The van der Waals surface area contributed by atoms with Crippen LogP contribution in [0.25, 0.3) is 0 Å². The first-order chi connectivity index (χ1) is 6.52. The lowest BCUT2D eigenvalue weighted by molar-refractivity contribution is -0.138. The Bertz CT molecular complexity index is 208. The standard InChI is InChI=1S/C10H19NO2S/c1-7(2)9(14)10(12)11-4-5-13-8(3)6-11/h7-9,14H,4-6H2,1-3H3. The first-order valence-corrected chi connectivity index (χ1v) is 5.62. The van der Waals surface area contributed by atoms with Crippen molar-refractivity contribution in [2.75, 3.05) is 19.7 Å². The van der Waals surface area contributed by atoms with Crippen LogP contribution in [0.2, 0.25) is 0 Å². The Morgan fingerprint density at radius 3 is 2.71 bits per heavy atom. The Kier molecular flexibility index (Phi) is 4.26. The molecule has 1 amide bonds. The normalized spacial score (nSPS) is 25.2. The quantitative estimate of drug-likeness (QED) is 0.704. The summed E-state index contributed by atoms with van der Waals surface area (Å²) >= 11 is 4.33. The third kappa shape index (κ3) is 2.89. The molecule has 0 aromatic carbocycles. The predicted octanol–water partition coefficient (Wildman–Crippen LogP) is 1.19. The Labute approximate surface area is 91.2 Å². The van der Waals surface area contributed by atoms with E-state index in [0.29, 0.717) is 19.7 Å². The summed E-state index contributed by atoms with van der Waals surface area (Å²) in [6.07, 6.45) is 0.153. The van der Waals surface area contributed by atoms with Gasteiger partial charge in [-0.2, -0.15) is 12.6 Å². The van der Waals surface area contributed by atoms with Crippen molar-refractivity contribution in [3.05, 3.63) is 0 Å². The topological polar surface area (TPSA) is 29.5 Å². The molecule has 1 aliphatic rings. The fourth-order valence-corrected chi connectivity index (χ4v) is 1.65. The number of carbonyl (C=O) groups excluding carboxylic acids is 1. The first-order valence-electron chi connectivity index (χ1n) is 5.11. The highest BCUT2D eigenvalue weighted by atomic mass is 32.1. The summed E-state index contributed by atoms with van der Waals surface area (Å²) in [5.41, 5.74) is 0. The second-order valence-electron chi connectivity index (χ2n) is 4.15. The van der Waals surface area contributed by atoms with Crippen molar-refractivity contribution in [2.24, 2.45) is 5.92 Å². The Balaban J connectivity index is 2.51. The molecule has 0 aromatic rings. The van der Waals surface area contributed by atoms with E-state index >= 15 is 0 Å². The molecular formula is C10H19NO2S. The number of amides is 1. The number of hydrogen-bond acceptors (Lipinski definition) is 3. The molecule has 0 radical (unpaired) electrons. The van der Waals surface area contributed by atoms with Crippen molar-refractivity contribution in [1.82, 2.24) is 4.90 Å². The largest absolute Gasteiger partial charge is 0.375 e. The lowest BCUT2D eigenvalue weighted by atomic mass is 10.1. The summed E-state index contributed by atoms with van der Waals surface area (Å²) in [5, 5.41) is -0.180. The van der Waals surface area contributed by atoms with Crippen LogP contribution < -0.4 is 0 Å². The summed E-state index contributed by atoms with van der Waals surface area (Å²) in [5.74, 6) is 0.419. The number of carbonyl (C=O) groups is 1. The molecule has 0 aliphatic carbocycles. The minimum atomic E-state index is -0.180. The fourth-order valence-electron chi connectivity index (χ4n) is 1.49. The van der Waals surface area contributed by atoms with E-state index in [2.05, 4.69) is 12.6 Å². The van der Waals surface area contributed by atoms with Gasteiger partial charge in [0.1, 0.15) is 0 Å². The number of morpholine rings is 1. The van der Waals surface area contributed by atoms with E-state index in [-0.39, 0.29) is 23.2 Å². The van der Waals surface area contributed by atoms with Crippen LogP contribution >= 0.6 is 12.6 Å². The average Bonchev–Trinajstić information content (AvgIpc) is 2.15. The minimum absolute atomic E-state index is 0.137. The number of nitrogens with zero attached hydrogens (tertiary/aromatic N) is 1. The molecule has 0 saturated carbocycles. The van der Waals surface area contributed by atoms with Gasteiger partial charge in [-0.15, -0.1) is 0 Å². The van der Waals surface area contributed by atoms with Gasteiger partial charge in [0, 0.05) is 13.1 Å². The van der Waals surface area contributed by atoms with Crippen LogP contribution in [-0.2, 0) is 9.53 Å². The third-order valence-electron chi connectivity index (χ3n) is 2.44. The monoisotopic (exact) mass is 217 g/mol. The van der Waals surface area contributed by atoms with Gasteiger partial charge < -0.3 is 9.64 Å². The molecule has 0 aromatic heterocycles. The molecule has 1 fully saturated rings. The van der Waals surface area contributed by atoms with Gasteiger partial charge in [0.15, 0.2) is 0 Å². The third-order valence-corrected chi connectivity index (χ3v) is 3.25. The molecule has 0 N–H and O–H groups in total. The lowest BCUT2D eigenvalue weighted by Crippen LogP contribution is -2.48. The van der Waals surface area contributed by atoms with Gasteiger partial charge >= 0.3 is 0 Å². The molecule has 1 heterocycles. The van der Waals surface area contributed by atoms with Gasteiger partial charge in [0.05, 0.1) is 18.0 Å². The first kappa shape index (κ1) is 11.9. The number of ether oxygens (including phenoxy) is 1. The van der Waals surface area contributed by atoms with Crippen LogP contribution in [0.1, 0.15) is 20.8 Å². The van der Waals surface area contributed by atoms with Gasteiger partial charge in [-0.25, -0.2) is 0 Å². The summed E-state index contributed by atoms with van der Waals surface area (Å²) in [6, 6.07) is 0. The van der Waals surface area contributed by atoms with E-state index in [4.69, 9.17) is 4.74 Å². The van der Waals surface area contributed by atoms with Crippen LogP contribution in [-0.4, -0.2) is 41.9 Å². The molecule has 3 nitrogen and oxygen atoms in total. The maximum absolute atomic E-state index is 11.9. The zero-order chi connectivity index (χ0) is 10.7. The Morgan fingerprint density at radius 2 is 2.21 bits per heavy atom. The highest BCUT2D eigenvalue weighted by Crippen LogP contribution is 2.14. The minimum Gasteiger partial charge on any atom is -0.375 e. The van der Waals surface area contributed by atoms with Gasteiger partial charge in [-0.05, 0) is 12.8 Å². The van der Waals surface area contributed by atoms with Gasteiger partial charge in [0.2, 0.25) is 5.91 Å². The van der Waals surface area contributed by atoms with Crippen molar-refractivity contribution < 1.29 is 9.53 Å². The van der Waals surface area contributed by atoms with E-state index in [1.807, 2.05) is 25.7 Å². The van der Waals surface area contributed by atoms with E-state index in [1.165, 1.54) is 0 Å². The number of hydrogen-bond donors (Lipinski definition) is 1. The summed E-state index contributed by atoms with van der Waals surface area (Å²) in [6.45, 7) is 8.06. The SMILES string of the molecule is CC1CN(C(=O)C(S)C(C)C)CCO1. The second kappa shape index (κ2) is 5.03. The molecule has 14 heavy (non-hydrogen) atoms. The molecule has 4 heteroatoms. The van der Waals surface area contributed by atoms with Gasteiger partial charge in [0.25, 0.3) is 0 Å². The summed E-state index contributed by atoms with van der Waals surface area (Å²) in [7, 11) is 0. The van der Waals surface area contributed by atoms with Crippen molar-refractivity contribution in [1.29, 1.82) is 0 Å². The summed E-state index contributed by atoms with van der Waals surface area (Å²) in [4.78, 5) is 13.7. The molecule has 0 spiro atoms. The molecular weight excluding hydrogens is 198 g/mol. The van der Waals surface area contributed by atoms with E-state index in [1.54, 1.807) is 0 Å². The average molecular weight is 217 g/mol. The molecule has 0 bridgehead atoms. The maximum Gasteiger partial charge on any atom is 0.235 e.